The summed E-state index contributed by atoms with van der Waals surface area (Å²) in [6.07, 6.45) is 9.47. The summed E-state index contributed by atoms with van der Waals surface area (Å²) >= 11 is 0. The van der Waals surface area contributed by atoms with Gasteiger partial charge in [0.05, 0.1) is 12.9 Å². The lowest BCUT2D eigenvalue weighted by Crippen LogP contribution is -2.13. The molecule has 0 rings (SSSR count). The van der Waals surface area contributed by atoms with Crippen molar-refractivity contribution in [3.63, 3.8) is 0 Å². The fourth-order valence-corrected chi connectivity index (χ4v) is 2.10. The van der Waals surface area contributed by atoms with E-state index in [9.17, 15) is 8.42 Å². The van der Waals surface area contributed by atoms with Gasteiger partial charge in [-0.05, 0) is 12.3 Å². The van der Waals surface area contributed by atoms with E-state index in [4.69, 9.17) is 4.18 Å². The second-order valence-corrected chi connectivity index (χ2v) is 6.11. The van der Waals surface area contributed by atoms with Crippen LogP contribution in [0.2, 0.25) is 0 Å². The van der Waals surface area contributed by atoms with Gasteiger partial charge in [-0.2, -0.15) is 8.42 Å². The summed E-state index contributed by atoms with van der Waals surface area (Å²) < 4.78 is 26.5. The normalized spacial score (nSPS) is 13.9. The average Bonchev–Trinajstić information content (AvgIpc) is 2.21. The van der Waals surface area contributed by atoms with Gasteiger partial charge in [-0.25, -0.2) is 0 Å². The van der Waals surface area contributed by atoms with Gasteiger partial charge in [-0.15, -0.1) is 0 Å². The standard InChI is InChI=1S/C12H26O3S/c1-4-6-7-8-9-10-12(5-2)11-15-16(3,13)14/h12H,4-11H2,1-3H3. The lowest BCUT2D eigenvalue weighted by molar-refractivity contribution is 0.239. The third-order valence-electron chi connectivity index (χ3n) is 2.81. The topological polar surface area (TPSA) is 43.4 Å². The number of hydrogen-bond acceptors (Lipinski definition) is 3. The molecule has 0 aliphatic rings. The molecule has 0 N–H and O–H groups in total. The third kappa shape index (κ3) is 10.4. The summed E-state index contributed by atoms with van der Waals surface area (Å²) in [5.74, 6) is 0.386. The van der Waals surface area contributed by atoms with Gasteiger partial charge in [0.2, 0.25) is 0 Å². The molecule has 0 saturated heterocycles. The molecule has 0 aromatic carbocycles. The molecule has 98 valence electrons. The predicted octanol–water partition coefficient (Wildman–Crippen LogP) is 3.35. The van der Waals surface area contributed by atoms with Gasteiger partial charge in [0.25, 0.3) is 10.1 Å². The molecule has 0 heterocycles. The maximum atomic E-state index is 10.8. The Labute approximate surface area is 101 Å². The second-order valence-electron chi connectivity index (χ2n) is 4.47. The third-order valence-corrected chi connectivity index (χ3v) is 3.38. The van der Waals surface area contributed by atoms with Crippen molar-refractivity contribution in [2.24, 2.45) is 5.92 Å². The molecule has 16 heavy (non-hydrogen) atoms. The minimum atomic E-state index is -3.27. The molecule has 0 bridgehead atoms. The summed E-state index contributed by atoms with van der Waals surface area (Å²) in [5.41, 5.74) is 0. The second kappa shape index (κ2) is 8.99. The molecule has 0 aromatic rings. The van der Waals surface area contributed by atoms with E-state index in [-0.39, 0.29) is 0 Å². The maximum Gasteiger partial charge on any atom is 0.264 e. The van der Waals surface area contributed by atoms with Gasteiger partial charge >= 0.3 is 0 Å². The van der Waals surface area contributed by atoms with Crippen molar-refractivity contribution in [2.45, 2.75) is 58.8 Å². The van der Waals surface area contributed by atoms with Crippen LogP contribution in [0.15, 0.2) is 0 Å². The Balaban J connectivity index is 3.59. The lowest BCUT2D eigenvalue weighted by Gasteiger charge is -2.13. The molecule has 0 fully saturated rings. The quantitative estimate of drug-likeness (QED) is 0.441. The van der Waals surface area contributed by atoms with Crippen molar-refractivity contribution in [2.75, 3.05) is 12.9 Å². The molecule has 0 saturated carbocycles. The molecular formula is C12H26O3S. The van der Waals surface area contributed by atoms with E-state index in [1.165, 1.54) is 32.1 Å². The Morgan fingerprint density at radius 3 is 2.19 bits per heavy atom. The van der Waals surface area contributed by atoms with Crippen molar-refractivity contribution >= 4 is 10.1 Å². The van der Waals surface area contributed by atoms with Crippen LogP contribution in [0, 0.1) is 5.92 Å². The first-order valence-corrected chi connectivity index (χ1v) is 8.15. The fourth-order valence-electron chi connectivity index (χ4n) is 1.66. The van der Waals surface area contributed by atoms with Crippen LogP contribution in [0.4, 0.5) is 0 Å². The zero-order chi connectivity index (χ0) is 12.4. The van der Waals surface area contributed by atoms with E-state index in [0.717, 1.165) is 19.1 Å². The van der Waals surface area contributed by atoms with Crippen molar-refractivity contribution < 1.29 is 12.6 Å². The van der Waals surface area contributed by atoms with E-state index >= 15 is 0 Å². The van der Waals surface area contributed by atoms with Crippen LogP contribution in [0.25, 0.3) is 0 Å². The summed E-state index contributed by atoms with van der Waals surface area (Å²) in [4.78, 5) is 0. The van der Waals surface area contributed by atoms with Gasteiger partial charge in [-0.3, -0.25) is 4.18 Å². The van der Waals surface area contributed by atoms with Gasteiger partial charge < -0.3 is 0 Å². The van der Waals surface area contributed by atoms with Crippen LogP contribution < -0.4 is 0 Å². The Bertz CT molecular complexity index is 247. The highest BCUT2D eigenvalue weighted by Gasteiger charge is 2.10. The van der Waals surface area contributed by atoms with E-state index in [1.807, 2.05) is 0 Å². The van der Waals surface area contributed by atoms with Gasteiger partial charge in [-0.1, -0.05) is 52.4 Å². The van der Waals surface area contributed by atoms with E-state index in [1.54, 1.807) is 0 Å². The first-order chi connectivity index (χ1) is 7.49. The van der Waals surface area contributed by atoms with E-state index in [0.29, 0.717) is 12.5 Å². The molecular weight excluding hydrogens is 224 g/mol. The Morgan fingerprint density at radius 2 is 1.69 bits per heavy atom. The van der Waals surface area contributed by atoms with Crippen molar-refractivity contribution in [1.82, 2.24) is 0 Å². The Morgan fingerprint density at radius 1 is 1.06 bits per heavy atom. The fraction of sp³-hybridized carbons (Fsp3) is 1.00. The zero-order valence-corrected chi connectivity index (χ0v) is 11.7. The summed E-state index contributed by atoms with van der Waals surface area (Å²) in [6, 6.07) is 0. The summed E-state index contributed by atoms with van der Waals surface area (Å²) in [5, 5.41) is 0. The van der Waals surface area contributed by atoms with E-state index in [2.05, 4.69) is 13.8 Å². The van der Waals surface area contributed by atoms with Gasteiger partial charge in [0, 0.05) is 0 Å². The van der Waals surface area contributed by atoms with Crippen LogP contribution in [-0.4, -0.2) is 21.3 Å². The van der Waals surface area contributed by atoms with Crippen LogP contribution in [0.1, 0.15) is 58.8 Å². The maximum absolute atomic E-state index is 10.8. The number of rotatable bonds is 10. The molecule has 3 nitrogen and oxygen atoms in total. The zero-order valence-electron chi connectivity index (χ0n) is 10.9. The van der Waals surface area contributed by atoms with Crippen molar-refractivity contribution in [3.05, 3.63) is 0 Å². The van der Waals surface area contributed by atoms with Crippen molar-refractivity contribution in [1.29, 1.82) is 0 Å². The Hall–Kier alpha value is -0.0900. The highest BCUT2D eigenvalue weighted by Crippen LogP contribution is 2.15. The first-order valence-electron chi connectivity index (χ1n) is 6.34. The van der Waals surface area contributed by atoms with Gasteiger partial charge in [0.15, 0.2) is 0 Å². The first kappa shape index (κ1) is 15.9. The molecule has 1 atom stereocenters. The number of hydrogen-bond donors (Lipinski definition) is 0. The number of unbranched alkanes of at least 4 members (excludes halogenated alkanes) is 4. The van der Waals surface area contributed by atoms with Crippen LogP contribution >= 0.6 is 0 Å². The molecule has 0 amide bonds. The largest absolute Gasteiger partial charge is 0.270 e. The van der Waals surface area contributed by atoms with Crippen LogP contribution in [-0.2, 0) is 14.3 Å². The molecule has 0 aromatic heterocycles. The average molecular weight is 250 g/mol. The molecule has 0 aliphatic heterocycles. The smallest absolute Gasteiger partial charge is 0.264 e. The minimum Gasteiger partial charge on any atom is -0.270 e. The van der Waals surface area contributed by atoms with Crippen molar-refractivity contribution in [3.8, 4) is 0 Å². The predicted molar refractivity (Wildman–Crippen MR) is 68.0 cm³/mol. The van der Waals surface area contributed by atoms with Crippen LogP contribution in [0.3, 0.4) is 0 Å². The van der Waals surface area contributed by atoms with E-state index < -0.39 is 10.1 Å². The molecule has 1 unspecified atom stereocenters. The van der Waals surface area contributed by atoms with Crippen LogP contribution in [0.5, 0.6) is 0 Å². The highest BCUT2D eigenvalue weighted by atomic mass is 32.2. The molecule has 0 spiro atoms. The summed E-state index contributed by atoms with van der Waals surface area (Å²) in [7, 11) is -3.27. The SMILES string of the molecule is CCCCCCCC(CC)COS(C)(=O)=O. The summed E-state index contributed by atoms with van der Waals surface area (Å²) in [6.45, 7) is 4.64. The molecule has 0 aliphatic carbocycles. The molecule has 0 radical (unpaired) electrons. The minimum absolute atomic E-state index is 0.350. The highest BCUT2D eigenvalue weighted by molar-refractivity contribution is 7.85. The monoisotopic (exact) mass is 250 g/mol. The Kier molecular flexibility index (Phi) is 8.94. The van der Waals surface area contributed by atoms with Gasteiger partial charge in [0.1, 0.15) is 0 Å². The molecule has 4 heteroatoms. The lowest BCUT2D eigenvalue weighted by atomic mass is 9.99.